The summed E-state index contributed by atoms with van der Waals surface area (Å²) in [5.41, 5.74) is 1.79. The summed E-state index contributed by atoms with van der Waals surface area (Å²) in [6.07, 6.45) is 2.61. The minimum absolute atomic E-state index is 0.0118. The van der Waals surface area contributed by atoms with Gasteiger partial charge in [-0.25, -0.2) is 0 Å². The lowest BCUT2D eigenvalue weighted by molar-refractivity contribution is -0.121. The Kier molecular flexibility index (Phi) is 5.07. The molecular formula is C19H22N2O4. The zero-order valence-electron chi connectivity index (χ0n) is 14.5. The number of nitrogens with one attached hydrogen (secondary N) is 1. The second kappa shape index (κ2) is 7.42. The summed E-state index contributed by atoms with van der Waals surface area (Å²) in [7, 11) is 0. The van der Waals surface area contributed by atoms with E-state index < -0.39 is 0 Å². The quantitative estimate of drug-likeness (QED) is 0.870. The molecule has 25 heavy (non-hydrogen) atoms. The van der Waals surface area contributed by atoms with E-state index >= 15 is 0 Å². The van der Waals surface area contributed by atoms with E-state index in [9.17, 15) is 9.59 Å². The minimum Gasteiger partial charge on any atom is -0.494 e. The number of carbonyl (C=O) groups is 1. The van der Waals surface area contributed by atoms with Crippen LogP contribution in [0.15, 0.2) is 41.3 Å². The smallest absolute Gasteiger partial charge is 0.250 e. The van der Waals surface area contributed by atoms with Gasteiger partial charge in [0.25, 0.3) is 5.56 Å². The molecule has 1 aromatic heterocycles. The van der Waals surface area contributed by atoms with Gasteiger partial charge in [0.2, 0.25) is 5.91 Å². The van der Waals surface area contributed by atoms with Gasteiger partial charge in [0.15, 0.2) is 0 Å². The van der Waals surface area contributed by atoms with Gasteiger partial charge in [0, 0.05) is 36.4 Å². The maximum Gasteiger partial charge on any atom is 0.250 e. The second-order valence-corrected chi connectivity index (χ2v) is 6.08. The first-order chi connectivity index (χ1) is 12.1. The van der Waals surface area contributed by atoms with E-state index in [-0.39, 0.29) is 24.1 Å². The molecule has 0 spiro atoms. The zero-order chi connectivity index (χ0) is 17.8. The molecule has 1 amide bonds. The summed E-state index contributed by atoms with van der Waals surface area (Å²) in [5.74, 6) is 1.38. The van der Waals surface area contributed by atoms with Gasteiger partial charge < -0.3 is 19.4 Å². The predicted octanol–water partition coefficient (Wildman–Crippen LogP) is 1.89. The number of rotatable bonds is 6. The molecule has 2 aromatic rings. The molecule has 6 heteroatoms. The molecule has 2 heterocycles. The van der Waals surface area contributed by atoms with Crippen LogP contribution in [0.4, 0.5) is 0 Å². The molecule has 1 unspecified atom stereocenters. The first-order valence-corrected chi connectivity index (χ1v) is 8.44. The molecule has 0 radical (unpaired) electrons. The Labute approximate surface area is 146 Å². The SMILES string of the molecule is CCOc1cc2c(cc1CNC(=O)Cn1ccccc1=O)OC(C)C2. The standard InChI is InChI=1S/C19H22N2O4/c1-3-24-16-9-14-8-13(2)25-17(14)10-15(16)11-20-18(22)12-21-7-5-4-6-19(21)23/h4-7,9-10,13H,3,8,11-12H2,1-2H3,(H,20,22). The van der Waals surface area contributed by atoms with Crippen LogP contribution in [0, 0.1) is 0 Å². The highest BCUT2D eigenvalue weighted by Gasteiger charge is 2.22. The molecule has 0 aliphatic carbocycles. The van der Waals surface area contributed by atoms with Crippen LogP contribution in [0.5, 0.6) is 11.5 Å². The second-order valence-electron chi connectivity index (χ2n) is 6.08. The Hall–Kier alpha value is -2.76. The van der Waals surface area contributed by atoms with Crippen molar-refractivity contribution >= 4 is 5.91 Å². The number of hydrogen-bond acceptors (Lipinski definition) is 4. The molecule has 3 rings (SSSR count). The van der Waals surface area contributed by atoms with Crippen molar-refractivity contribution in [1.82, 2.24) is 9.88 Å². The van der Waals surface area contributed by atoms with Gasteiger partial charge in [0.1, 0.15) is 24.1 Å². The van der Waals surface area contributed by atoms with E-state index in [0.717, 1.165) is 29.0 Å². The molecule has 1 aromatic carbocycles. The summed E-state index contributed by atoms with van der Waals surface area (Å²) < 4.78 is 12.9. The van der Waals surface area contributed by atoms with Crippen LogP contribution in [-0.2, 0) is 24.3 Å². The normalized spacial score (nSPS) is 15.4. The van der Waals surface area contributed by atoms with Gasteiger partial charge in [0.05, 0.1) is 6.61 Å². The number of benzene rings is 1. The van der Waals surface area contributed by atoms with Crippen molar-refractivity contribution in [2.75, 3.05) is 6.61 Å². The number of aromatic nitrogens is 1. The number of carbonyl (C=O) groups excluding carboxylic acids is 1. The van der Waals surface area contributed by atoms with Gasteiger partial charge in [-0.15, -0.1) is 0 Å². The molecule has 132 valence electrons. The number of fused-ring (bicyclic) bond motifs is 1. The average Bonchev–Trinajstić information content (AvgIpc) is 2.94. The molecule has 1 aliphatic heterocycles. The van der Waals surface area contributed by atoms with E-state index in [1.165, 1.54) is 10.6 Å². The van der Waals surface area contributed by atoms with Gasteiger partial charge in [-0.05, 0) is 32.0 Å². The Bertz CT molecular complexity index is 828. The first-order valence-electron chi connectivity index (χ1n) is 8.44. The molecule has 0 saturated heterocycles. The molecule has 1 aliphatic rings. The van der Waals surface area contributed by atoms with Gasteiger partial charge in [-0.2, -0.15) is 0 Å². The largest absolute Gasteiger partial charge is 0.494 e. The van der Waals surface area contributed by atoms with Crippen molar-refractivity contribution in [2.45, 2.75) is 39.5 Å². The fraction of sp³-hybridized carbons (Fsp3) is 0.368. The van der Waals surface area contributed by atoms with Crippen LogP contribution < -0.4 is 20.3 Å². The Morgan fingerprint density at radius 3 is 3.00 bits per heavy atom. The molecular weight excluding hydrogens is 320 g/mol. The topological polar surface area (TPSA) is 69.6 Å². The van der Waals surface area contributed by atoms with Crippen molar-refractivity contribution < 1.29 is 14.3 Å². The maximum absolute atomic E-state index is 12.2. The van der Waals surface area contributed by atoms with E-state index in [1.54, 1.807) is 18.3 Å². The van der Waals surface area contributed by atoms with Crippen LogP contribution in [0.3, 0.4) is 0 Å². The lowest BCUT2D eigenvalue weighted by atomic mass is 10.1. The fourth-order valence-corrected chi connectivity index (χ4v) is 2.91. The lowest BCUT2D eigenvalue weighted by Gasteiger charge is -2.13. The third-order valence-electron chi connectivity index (χ3n) is 4.07. The fourth-order valence-electron chi connectivity index (χ4n) is 2.91. The highest BCUT2D eigenvalue weighted by Crippen LogP contribution is 2.35. The highest BCUT2D eigenvalue weighted by molar-refractivity contribution is 5.75. The van der Waals surface area contributed by atoms with Crippen molar-refractivity contribution in [3.63, 3.8) is 0 Å². The average molecular weight is 342 g/mol. The maximum atomic E-state index is 12.2. The molecule has 0 saturated carbocycles. The van der Waals surface area contributed by atoms with Crippen molar-refractivity contribution in [3.05, 3.63) is 58.0 Å². The Balaban J connectivity index is 1.70. The third kappa shape index (κ3) is 4.02. The molecule has 0 fully saturated rings. The number of hydrogen-bond donors (Lipinski definition) is 1. The van der Waals surface area contributed by atoms with Crippen LogP contribution in [0.2, 0.25) is 0 Å². The lowest BCUT2D eigenvalue weighted by Crippen LogP contribution is -2.31. The van der Waals surface area contributed by atoms with Gasteiger partial charge in [-0.3, -0.25) is 9.59 Å². The summed E-state index contributed by atoms with van der Waals surface area (Å²) in [5, 5.41) is 2.84. The van der Waals surface area contributed by atoms with E-state index in [1.807, 2.05) is 26.0 Å². The third-order valence-corrected chi connectivity index (χ3v) is 4.07. The van der Waals surface area contributed by atoms with Crippen molar-refractivity contribution in [3.8, 4) is 11.5 Å². The minimum atomic E-state index is -0.231. The van der Waals surface area contributed by atoms with E-state index in [4.69, 9.17) is 9.47 Å². The van der Waals surface area contributed by atoms with Crippen LogP contribution in [-0.4, -0.2) is 23.2 Å². The van der Waals surface area contributed by atoms with E-state index in [0.29, 0.717) is 13.2 Å². The highest BCUT2D eigenvalue weighted by atomic mass is 16.5. The number of ether oxygens (including phenoxy) is 2. The molecule has 6 nitrogen and oxygen atoms in total. The molecule has 0 bridgehead atoms. The first kappa shape index (κ1) is 17.1. The van der Waals surface area contributed by atoms with Crippen LogP contribution >= 0.6 is 0 Å². The van der Waals surface area contributed by atoms with Gasteiger partial charge >= 0.3 is 0 Å². The van der Waals surface area contributed by atoms with Gasteiger partial charge in [-0.1, -0.05) is 6.07 Å². The number of amides is 1. The molecule has 1 N–H and O–H groups in total. The van der Waals surface area contributed by atoms with Crippen molar-refractivity contribution in [2.24, 2.45) is 0 Å². The predicted molar refractivity (Wildman–Crippen MR) is 94.0 cm³/mol. The summed E-state index contributed by atoms with van der Waals surface area (Å²) >= 11 is 0. The zero-order valence-corrected chi connectivity index (χ0v) is 14.5. The monoisotopic (exact) mass is 342 g/mol. The molecule has 1 atom stereocenters. The Morgan fingerprint density at radius 2 is 2.24 bits per heavy atom. The summed E-state index contributed by atoms with van der Waals surface area (Å²) in [6.45, 7) is 4.81. The van der Waals surface area contributed by atoms with Crippen LogP contribution in [0.1, 0.15) is 25.0 Å². The number of pyridine rings is 1. The Morgan fingerprint density at radius 1 is 1.40 bits per heavy atom. The summed E-state index contributed by atoms with van der Waals surface area (Å²) in [4.78, 5) is 23.8. The number of nitrogens with zero attached hydrogens (tertiary/aromatic N) is 1. The summed E-state index contributed by atoms with van der Waals surface area (Å²) in [6, 6.07) is 8.72. The van der Waals surface area contributed by atoms with Crippen molar-refractivity contribution in [1.29, 1.82) is 0 Å². The van der Waals surface area contributed by atoms with E-state index in [2.05, 4.69) is 5.32 Å². The van der Waals surface area contributed by atoms with Crippen LogP contribution in [0.25, 0.3) is 0 Å².